The van der Waals surface area contributed by atoms with Crippen LogP contribution in [0.4, 0.5) is 0 Å². The van der Waals surface area contributed by atoms with Crippen LogP contribution < -0.4 is 0 Å². The molecule has 8 heavy (non-hydrogen) atoms. The van der Waals surface area contributed by atoms with Gasteiger partial charge in [-0.25, -0.2) is 0 Å². The molecule has 0 heterocycles. The third kappa shape index (κ3) is 6.57. The molecule has 0 saturated heterocycles. The molecule has 0 aromatic heterocycles. The van der Waals surface area contributed by atoms with Gasteiger partial charge in [0.05, 0.1) is 0 Å². The summed E-state index contributed by atoms with van der Waals surface area (Å²) < 4.78 is 0. The molecule has 2 nitrogen and oxygen atoms in total. The number of rotatable bonds is 2. The Bertz CT molecular complexity index is 65.4. The van der Waals surface area contributed by atoms with Crippen molar-refractivity contribution < 1.29 is 37.5 Å². The van der Waals surface area contributed by atoms with Gasteiger partial charge < -0.3 is 17.0 Å². The maximum absolute atomic E-state index is 10.2. The van der Waals surface area contributed by atoms with Crippen LogP contribution in [-0.4, -0.2) is 13.0 Å². The molecule has 0 spiro atoms. The first-order valence-electron chi connectivity index (χ1n) is 2.23. The minimum absolute atomic E-state index is 0. The van der Waals surface area contributed by atoms with Crippen molar-refractivity contribution in [2.24, 2.45) is 0 Å². The van der Waals surface area contributed by atoms with Crippen LogP contribution in [-0.2, 0) is 37.5 Å². The summed E-state index contributed by atoms with van der Waals surface area (Å²) >= 11 is 0. The van der Waals surface area contributed by atoms with Crippen molar-refractivity contribution in [1.82, 2.24) is 0 Å². The number of hydrogen-bond donors (Lipinski definition) is 0. The zero-order valence-electron chi connectivity index (χ0n) is 5.05. The number of nitrogens with zero attached hydrogens (tertiary/aromatic N) is 1. The van der Waals surface area contributed by atoms with Gasteiger partial charge in [-0.2, -0.15) is 6.42 Å². The predicted octanol–water partition coefficient (Wildman–Crippen LogP) is 1.13. The molecule has 0 aromatic carbocycles. The van der Waals surface area contributed by atoms with E-state index in [1.807, 2.05) is 0 Å². The van der Waals surface area contributed by atoms with Gasteiger partial charge in [0.1, 0.15) is 0 Å². The predicted molar refractivity (Wildman–Crippen MR) is 28.9 cm³/mol. The Morgan fingerprint density at radius 3 is 2.38 bits per heavy atom. The van der Waals surface area contributed by atoms with E-state index < -0.39 is 0 Å². The smallest absolute Gasteiger partial charge is 0.0484 e. The summed E-state index contributed by atoms with van der Waals surface area (Å²) in [7, 11) is 1.50. The van der Waals surface area contributed by atoms with E-state index in [1.54, 1.807) is 0 Å². The minimum Gasteiger partial charge on any atom is -0.656 e. The van der Waals surface area contributed by atoms with Crippen LogP contribution in [0.2, 0.25) is 0 Å². The van der Waals surface area contributed by atoms with Gasteiger partial charge in [0.15, 0.2) is 0 Å². The molecule has 0 saturated carbocycles. The molecule has 0 aliphatic carbocycles. The normalized spacial score (nSPS) is 7.25. The maximum Gasteiger partial charge on any atom is 0.0484 e. The first-order valence-corrected chi connectivity index (χ1v) is 2.23. The number of carbonyl (C=O) groups excluding carboxylic acids is 1. The fourth-order valence-corrected chi connectivity index (χ4v) is 0.263. The van der Waals surface area contributed by atoms with Gasteiger partial charge in [0.2, 0.25) is 0 Å². The summed E-state index contributed by atoms with van der Waals surface area (Å²) in [6, 6.07) is 0. The second-order valence-electron chi connectivity index (χ2n) is 1.22. The first kappa shape index (κ1) is 11.4. The quantitative estimate of drug-likeness (QED) is 0.597. The minimum atomic E-state index is -0.0602. The number of carbonyl (C=O) groups is 1. The summed E-state index contributed by atoms with van der Waals surface area (Å²) in [5.74, 6) is -0.0602. The van der Waals surface area contributed by atoms with Crippen LogP contribution in [0.15, 0.2) is 0 Å². The number of hydrogen-bond acceptors (Lipinski definition) is 1. The zero-order chi connectivity index (χ0) is 5.70. The van der Waals surface area contributed by atoms with Crippen molar-refractivity contribution in [1.29, 1.82) is 0 Å². The van der Waals surface area contributed by atoms with Crippen LogP contribution in [0, 0.1) is 6.92 Å². The fraction of sp³-hybridized carbons (Fsp3) is 0.600. The zero-order valence-corrected chi connectivity index (χ0v) is 7.89. The van der Waals surface area contributed by atoms with Gasteiger partial charge in [0, 0.05) is 38.6 Å². The van der Waals surface area contributed by atoms with Crippen molar-refractivity contribution >= 4 is 5.91 Å². The van der Waals surface area contributed by atoms with Gasteiger partial charge in [-0.3, -0.25) is 0 Å². The molecular weight excluding hydrogens is 179 g/mol. The Morgan fingerprint density at radius 1 is 1.75 bits per heavy atom. The maximum atomic E-state index is 10.2. The monoisotopic (exact) mass is 188 g/mol. The summed E-state index contributed by atoms with van der Waals surface area (Å²) in [6.45, 7) is 3.49. The van der Waals surface area contributed by atoms with Crippen molar-refractivity contribution in [2.75, 3.05) is 7.05 Å². The van der Waals surface area contributed by atoms with Crippen molar-refractivity contribution in [3.05, 3.63) is 12.2 Å². The van der Waals surface area contributed by atoms with Crippen LogP contribution in [0.1, 0.15) is 12.8 Å². The van der Waals surface area contributed by atoms with Crippen molar-refractivity contribution in [2.45, 2.75) is 12.8 Å². The van der Waals surface area contributed by atoms with E-state index in [2.05, 4.69) is 12.2 Å². The summed E-state index contributed by atoms with van der Waals surface area (Å²) in [6.07, 6.45) is 1.13. The molecule has 0 aromatic rings. The van der Waals surface area contributed by atoms with E-state index in [0.717, 1.165) is 0 Å². The molecule has 45 valence electrons. The molecule has 0 fully saturated rings. The van der Waals surface area contributed by atoms with E-state index in [0.29, 0.717) is 12.8 Å². The van der Waals surface area contributed by atoms with E-state index in [4.69, 9.17) is 0 Å². The van der Waals surface area contributed by atoms with Crippen LogP contribution in [0.3, 0.4) is 0 Å². The standard InChI is InChI=1S/C5H10NO.Y/c1-3-4-5(7)6-2;/h1,3-4H2,2H3,(H,6,7);/q-1;/p-1. The second kappa shape index (κ2) is 7.57. The van der Waals surface area contributed by atoms with E-state index in [-0.39, 0.29) is 38.6 Å². The van der Waals surface area contributed by atoms with Crippen molar-refractivity contribution in [3.8, 4) is 0 Å². The molecule has 0 aliphatic rings. The topological polar surface area (TPSA) is 31.2 Å². The van der Waals surface area contributed by atoms with Gasteiger partial charge in [-0.1, -0.05) is 0 Å². The average Bonchev–Trinajstić information content (AvgIpc) is 1.68. The Balaban J connectivity index is 0. The Labute approximate surface area is 75.3 Å². The second-order valence-corrected chi connectivity index (χ2v) is 1.22. The molecule has 0 aliphatic heterocycles. The molecule has 1 radical (unpaired) electrons. The molecule has 0 N–H and O–H groups in total. The summed E-state index contributed by atoms with van der Waals surface area (Å²) in [4.78, 5) is 10.2. The third-order valence-corrected chi connectivity index (χ3v) is 0.640. The average molecular weight is 188 g/mol. The molecular formula is C5H9NOY-2. The van der Waals surface area contributed by atoms with Crippen LogP contribution >= 0.6 is 0 Å². The SMILES string of the molecule is [CH2-]CCC(=O)[N-]C.[Y]. The molecule has 0 atom stereocenters. The molecule has 3 heteroatoms. The molecule has 0 bridgehead atoms. The number of amides is 1. The first-order chi connectivity index (χ1) is 3.31. The van der Waals surface area contributed by atoms with E-state index in [1.165, 1.54) is 7.05 Å². The molecule has 0 unspecified atom stereocenters. The Kier molecular flexibility index (Phi) is 10.8. The Morgan fingerprint density at radius 2 is 2.25 bits per heavy atom. The summed E-state index contributed by atoms with van der Waals surface area (Å²) in [5, 5.41) is 3.40. The summed E-state index contributed by atoms with van der Waals surface area (Å²) in [5.41, 5.74) is 0. The third-order valence-electron chi connectivity index (χ3n) is 0.640. The van der Waals surface area contributed by atoms with Gasteiger partial charge in [-0.05, 0) is 6.42 Å². The van der Waals surface area contributed by atoms with E-state index >= 15 is 0 Å². The van der Waals surface area contributed by atoms with E-state index in [9.17, 15) is 4.79 Å². The van der Waals surface area contributed by atoms with Crippen LogP contribution in [0.25, 0.3) is 5.32 Å². The fourth-order valence-electron chi connectivity index (χ4n) is 0.263. The van der Waals surface area contributed by atoms with Gasteiger partial charge >= 0.3 is 0 Å². The van der Waals surface area contributed by atoms with Gasteiger partial charge in [0.25, 0.3) is 0 Å². The Hall–Kier alpha value is 0.574. The molecule has 0 rings (SSSR count). The van der Waals surface area contributed by atoms with Crippen LogP contribution in [0.5, 0.6) is 0 Å². The van der Waals surface area contributed by atoms with Crippen molar-refractivity contribution in [3.63, 3.8) is 0 Å². The van der Waals surface area contributed by atoms with Gasteiger partial charge in [-0.15, -0.1) is 7.05 Å². The molecule has 1 amide bonds. The largest absolute Gasteiger partial charge is 0.656 e.